The lowest BCUT2D eigenvalue weighted by Crippen LogP contribution is -2.58. The Morgan fingerprint density at radius 1 is 1.45 bits per heavy atom. The summed E-state index contributed by atoms with van der Waals surface area (Å²) in [4.78, 5) is 2.27. The van der Waals surface area contributed by atoms with E-state index in [2.05, 4.69) is 25.7 Å². The van der Waals surface area contributed by atoms with E-state index in [1.807, 2.05) is 0 Å². The Balaban J connectivity index is 2.55. The van der Waals surface area contributed by atoms with Crippen molar-refractivity contribution >= 4 is 0 Å². The van der Waals surface area contributed by atoms with Crippen molar-refractivity contribution in [2.75, 3.05) is 19.8 Å². The molecule has 66 valence electrons. The summed E-state index contributed by atoms with van der Waals surface area (Å²) in [6.07, 6.45) is 0.0729. The minimum absolute atomic E-state index is 0.0729. The maximum absolute atomic E-state index is 5.87. The molecule has 3 nitrogen and oxygen atoms in total. The van der Waals surface area contributed by atoms with Gasteiger partial charge >= 0.3 is 0 Å². The monoisotopic (exact) mass is 158 g/mol. The zero-order valence-electron chi connectivity index (χ0n) is 7.63. The molecule has 1 aliphatic heterocycles. The van der Waals surface area contributed by atoms with E-state index in [1.54, 1.807) is 0 Å². The van der Waals surface area contributed by atoms with Gasteiger partial charge in [-0.25, -0.2) is 0 Å². The van der Waals surface area contributed by atoms with Gasteiger partial charge in [-0.05, 0) is 20.8 Å². The van der Waals surface area contributed by atoms with Crippen LogP contribution in [0.2, 0.25) is 0 Å². The van der Waals surface area contributed by atoms with Crippen molar-refractivity contribution in [3.63, 3.8) is 0 Å². The highest BCUT2D eigenvalue weighted by atomic mass is 16.5. The van der Waals surface area contributed by atoms with Crippen LogP contribution in [0.1, 0.15) is 20.8 Å². The Hall–Kier alpha value is -0.120. The highest BCUT2D eigenvalue weighted by molar-refractivity contribution is 4.82. The molecule has 1 fully saturated rings. The summed E-state index contributed by atoms with van der Waals surface area (Å²) in [6.45, 7) is 8.96. The third-order valence-electron chi connectivity index (χ3n) is 2.03. The van der Waals surface area contributed by atoms with Crippen LogP contribution in [0.3, 0.4) is 0 Å². The van der Waals surface area contributed by atoms with Crippen LogP contribution in [0.15, 0.2) is 0 Å². The topological polar surface area (TPSA) is 38.5 Å². The zero-order chi connectivity index (χ0) is 8.48. The molecule has 0 amide bonds. The first-order valence-corrected chi connectivity index (χ1v) is 4.12. The van der Waals surface area contributed by atoms with Gasteiger partial charge in [-0.1, -0.05) is 0 Å². The third kappa shape index (κ3) is 2.15. The normalized spacial score (nSPS) is 28.9. The summed E-state index contributed by atoms with van der Waals surface area (Å²) in [6, 6.07) is 0. The number of hydrogen-bond donors (Lipinski definition) is 1. The number of rotatable bonds is 0. The highest BCUT2D eigenvalue weighted by Crippen LogP contribution is 2.16. The van der Waals surface area contributed by atoms with Gasteiger partial charge in [0.1, 0.15) is 0 Å². The second kappa shape index (κ2) is 3.09. The Morgan fingerprint density at radius 3 is 2.45 bits per heavy atom. The number of nitrogens with zero attached hydrogens (tertiary/aromatic N) is 1. The van der Waals surface area contributed by atoms with Crippen LogP contribution in [0.25, 0.3) is 0 Å². The molecule has 2 N–H and O–H groups in total. The molecule has 1 rings (SSSR count). The molecule has 0 aromatic rings. The van der Waals surface area contributed by atoms with Crippen molar-refractivity contribution in [3.05, 3.63) is 0 Å². The predicted octanol–water partition coefficient (Wildman–Crippen LogP) is 0.402. The van der Waals surface area contributed by atoms with Crippen molar-refractivity contribution in [3.8, 4) is 0 Å². The van der Waals surface area contributed by atoms with Gasteiger partial charge in [0, 0.05) is 12.1 Å². The van der Waals surface area contributed by atoms with Crippen LogP contribution in [-0.2, 0) is 4.74 Å². The highest BCUT2D eigenvalue weighted by Gasteiger charge is 2.28. The number of nitrogens with two attached hydrogens (primary N) is 1. The Bertz CT molecular complexity index is 131. The van der Waals surface area contributed by atoms with Crippen molar-refractivity contribution in [2.45, 2.75) is 32.5 Å². The summed E-state index contributed by atoms with van der Waals surface area (Å²) in [5, 5.41) is 0. The molecule has 3 heteroatoms. The molecule has 0 spiro atoms. The molecule has 11 heavy (non-hydrogen) atoms. The molecule has 1 unspecified atom stereocenters. The molecule has 0 bridgehead atoms. The summed E-state index contributed by atoms with van der Waals surface area (Å²) in [5.74, 6) is 0. The smallest absolute Gasteiger partial charge is 0.0818 e. The predicted molar refractivity (Wildman–Crippen MR) is 45.3 cm³/mol. The fourth-order valence-corrected chi connectivity index (χ4v) is 1.46. The summed E-state index contributed by atoms with van der Waals surface area (Å²) >= 11 is 0. The van der Waals surface area contributed by atoms with Crippen molar-refractivity contribution in [1.29, 1.82) is 0 Å². The molecule has 1 saturated heterocycles. The van der Waals surface area contributed by atoms with E-state index in [4.69, 9.17) is 10.5 Å². The van der Waals surface area contributed by atoms with Crippen LogP contribution in [0, 0.1) is 0 Å². The first-order valence-electron chi connectivity index (χ1n) is 4.12. The lowest BCUT2D eigenvalue weighted by Gasteiger charge is -2.42. The van der Waals surface area contributed by atoms with Gasteiger partial charge < -0.3 is 10.5 Å². The van der Waals surface area contributed by atoms with E-state index in [0.29, 0.717) is 6.61 Å². The van der Waals surface area contributed by atoms with E-state index >= 15 is 0 Å². The Morgan fingerprint density at radius 2 is 2.09 bits per heavy atom. The maximum atomic E-state index is 5.87. The van der Waals surface area contributed by atoms with Gasteiger partial charge in [0.25, 0.3) is 0 Å². The summed E-state index contributed by atoms with van der Waals surface area (Å²) in [5.41, 5.74) is 6.04. The molecule has 0 aromatic carbocycles. The first kappa shape index (κ1) is 8.97. The molecule has 0 aliphatic carbocycles. The lowest BCUT2D eigenvalue weighted by atomic mass is 10.0. The average molecular weight is 158 g/mol. The first-order chi connectivity index (χ1) is 5.02. The minimum Gasteiger partial charge on any atom is -0.377 e. The fourth-order valence-electron chi connectivity index (χ4n) is 1.46. The van der Waals surface area contributed by atoms with Crippen molar-refractivity contribution < 1.29 is 4.74 Å². The standard InChI is InChI=1S/C8H18N2O/c1-8(2,3)10-4-5-11-6-7(10)9/h7H,4-6,9H2,1-3H3. The zero-order valence-corrected chi connectivity index (χ0v) is 7.63. The minimum atomic E-state index is 0.0729. The number of hydrogen-bond acceptors (Lipinski definition) is 3. The number of morpholine rings is 1. The molecule has 0 saturated carbocycles. The largest absolute Gasteiger partial charge is 0.377 e. The van der Waals surface area contributed by atoms with Crippen LogP contribution in [0.4, 0.5) is 0 Å². The average Bonchev–Trinajstić information content (AvgIpc) is 1.86. The Kier molecular flexibility index (Phi) is 2.52. The molecule has 0 aromatic heterocycles. The van der Waals surface area contributed by atoms with Crippen molar-refractivity contribution in [2.24, 2.45) is 5.73 Å². The molecule has 0 radical (unpaired) electrons. The molecular weight excluding hydrogens is 140 g/mol. The second-order valence-corrected chi connectivity index (χ2v) is 4.01. The van der Waals surface area contributed by atoms with E-state index in [0.717, 1.165) is 13.2 Å². The van der Waals surface area contributed by atoms with E-state index < -0.39 is 0 Å². The van der Waals surface area contributed by atoms with Gasteiger partial charge in [-0.2, -0.15) is 0 Å². The quantitative estimate of drug-likeness (QED) is 0.554. The SMILES string of the molecule is CC(C)(C)N1CCOCC1N. The van der Waals surface area contributed by atoms with Crippen molar-refractivity contribution in [1.82, 2.24) is 4.90 Å². The van der Waals surface area contributed by atoms with E-state index in [9.17, 15) is 0 Å². The van der Waals surface area contributed by atoms with Crippen LogP contribution < -0.4 is 5.73 Å². The lowest BCUT2D eigenvalue weighted by molar-refractivity contribution is -0.0466. The molecule has 1 heterocycles. The summed E-state index contributed by atoms with van der Waals surface area (Å²) in [7, 11) is 0. The fraction of sp³-hybridized carbons (Fsp3) is 1.00. The van der Waals surface area contributed by atoms with Crippen LogP contribution >= 0.6 is 0 Å². The van der Waals surface area contributed by atoms with E-state index in [1.165, 1.54) is 0 Å². The molecule has 1 atom stereocenters. The number of ether oxygens (including phenoxy) is 1. The third-order valence-corrected chi connectivity index (χ3v) is 2.03. The van der Waals surface area contributed by atoms with E-state index in [-0.39, 0.29) is 11.7 Å². The van der Waals surface area contributed by atoms with Gasteiger partial charge in [-0.15, -0.1) is 0 Å². The molecular formula is C8H18N2O. The van der Waals surface area contributed by atoms with Gasteiger partial charge in [0.05, 0.1) is 19.4 Å². The Labute approximate surface area is 68.5 Å². The van der Waals surface area contributed by atoms with Crippen LogP contribution in [-0.4, -0.2) is 36.4 Å². The van der Waals surface area contributed by atoms with Gasteiger partial charge in [0.15, 0.2) is 0 Å². The van der Waals surface area contributed by atoms with Gasteiger partial charge in [-0.3, -0.25) is 4.90 Å². The maximum Gasteiger partial charge on any atom is 0.0818 e. The van der Waals surface area contributed by atoms with Crippen LogP contribution in [0.5, 0.6) is 0 Å². The summed E-state index contributed by atoms with van der Waals surface area (Å²) < 4.78 is 5.24. The van der Waals surface area contributed by atoms with Gasteiger partial charge in [0.2, 0.25) is 0 Å². The molecule has 1 aliphatic rings. The second-order valence-electron chi connectivity index (χ2n) is 4.01.